The van der Waals surface area contributed by atoms with E-state index in [9.17, 15) is 0 Å². The van der Waals surface area contributed by atoms with Gasteiger partial charge in [-0.1, -0.05) is 43.1 Å². The van der Waals surface area contributed by atoms with Crippen LogP contribution in [0.1, 0.15) is 52.9 Å². The van der Waals surface area contributed by atoms with E-state index in [2.05, 4.69) is 48.8 Å². The van der Waals surface area contributed by atoms with Crippen LogP contribution in [0.4, 0.5) is 0 Å². The summed E-state index contributed by atoms with van der Waals surface area (Å²) in [7, 11) is 0. The third kappa shape index (κ3) is 3.01. The molecule has 1 saturated carbocycles. The van der Waals surface area contributed by atoms with E-state index < -0.39 is 0 Å². The van der Waals surface area contributed by atoms with E-state index in [1.54, 1.807) is 0 Å². The summed E-state index contributed by atoms with van der Waals surface area (Å²) < 4.78 is 7.60. The highest BCUT2D eigenvalue weighted by atomic mass is 79.9. The Morgan fingerprint density at radius 3 is 2.45 bits per heavy atom. The van der Waals surface area contributed by atoms with E-state index in [4.69, 9.17) is 9.72 Å². The van der Waals surface area contributed by atoms with Crippen LogP contribution in [0, 0.1) is 5.41 Å². The minimum atomic E-state index is -0.0959. The molecular formula is C19H24BrNO. The van der Waals surface area contributed by atoms with E-state index in [1.807, 2.05) is 18.2 Å². The van der Waals surface area contributed by atoms with Crippen LogP contribution in [0.5, 0.6) is 5.88 Å². The first kappa shape index (κ1) is 15.8. The van der Waals surface area contributed by atoms with Crippen molar-refractivity contribution in [1.29, 1.82) is 0 Å². The number of aromatic nitrogens is 1. The average molecular weight is 362 g/mol. The number of pyridine rings is 1. The lowest BCUT2D eigenvalue weighted by Crippen LogP contribution is -2.49. The highest BCUT2D eigenvalue weighted by molar-refractivity contribution is 9.10. The second-order valence-corrected chi connectivity index (χ2v) is 8.31. The lowest BCUT2D eigenvalue weighted by molar-refractivity contribution is -0.0641. The average Bonchev–Trinajstić information content (AvgIpc) is 2.47. The quantitative estimate of drug-likeness (QED) is 0.642. The molecule has 0 N–H and O–H groups in total. The molecule has 1 aromatic heterocycles. The summed E-state index contributed by atoms with van der Waals surface area (Å²) in [6.45, 7) is 6.86. The number of rotatable bonds is 2. The molecule has 3 heteroatoms. The predicted octanol–water partition coefficient (Wildman–Crippen LogP) is 6.13. The number of benzene rings is 1. The molecule has 0 spiro atoms. The Kier molecular flexibility index (Phi) is 4.19. The van der Waals surface area contributed by atoms with Crippen molar-refractivity contribution in [3.8, 4) is 5.88 Å². The largest absolute Gasteiger partial charge is 0.470 e. The zero-order valence-electron chi connectivity index (χ0n) is 13.7. The molecule has 1 fully saturated rings. The third-order valence-corrected chi connectivity index (χ3v) is 5.45. The van der Waals surface area contributed by atoms with Crippen LogP contribution in [0.25, 0.3) is 10.9 Å². The maximum Gasteiger partial charge on any atom is 0.214 e. The SMILES string of the molecule is CC(C)(C)C1(Oc2ccc3cc(Br)ccc3n2)CCCCC1. The normalized spacial score (nSPS) is 18.4. The minimum Gasteiger partial charge on any atom is -0.470 e. The predicted molar refractivity (Wildman–Crippen MR) is 95.3 cm³/mol. The summed E-state index contributed by atoms with van der Waals surface area (Å²) in [5.74, 6) is 0.756. The molecule has 3 rings (SSSR count). The zero-order valence-corrected chi connectivity index (χ0v) is 15.2. The number of hydrogen-bond donors (Lipinski definition) is 0. The molecule has 1 aromatic carbocycles. The maximum absolute atomic E-state index is 6.52. The van der Waals surface area contributed by atoms with Gasteiger partial charge >= 0.3 is 0 Å². The van der Waals surface area contributed by atoms with Crippen molar-refractivity contribution in [1.82, 2.24) is 4.98 Å². The molecule has 1 heterocycles. The smallest absolute Gasteiger partial charge is 0.214 e. The first-order valence-electron chi connectivity index (χ1n) is 8.15. The topological polar surface area (TPSA) is 22.1 Å². The van der Waals surface area contributed by atoms with Gasteiger partial charge in [0.2, 0.25) is 5.88 Å². The summed E-state index contributed by atoms with van der Waals surface area (Å²) in [6.07, 6.45) is 6.06. The van der Waals surface area contributed by atoms with Gasteiger partial charge in [-0.05, 0) is 49.9 Å². The van der Waals surface area contributed by atoms with Crippen LogP contribution >= 0.6 is 15.9 Å². The first-order valence-corrected chi connectivity index (χ1v) is 8.94. The third-order valence-electron chi connectivity index (χ3n) is 4.95. The van der Waals surface area contributed by atoms with Crippen molar-refractivity contribution in [2.45, 2.75) is 58.5 Å². The molecule has 2 aromatic rings. The lowest BCUT2D eigenvalue weighted by atomic mass is 9.68. The van der Waals surface area contributed by atoms with Gasteiger partial charge in [-0.15, -0.1) is 0 Å². The molecular weight excluding hydrogens is 338 g/mol. The van der Waals surface area contributed by atoms with Crippen LogP contribution < -0.4 is 4.74 Å². The fourth-order valence-corrected chi connectivity index (χ4v) is 3.84. The van der Waals surface area contributed by atoms with Gasteiger partial charge in [-0.2, -0.15) is 0 Å². The fraction of sp³-hybridized carbons (Fsp3) is 0.526. The Balaban J connectivity index is 1.94. The van der Waals surface area contributed by atoms with E-state index in [0.29, 0.717) is 0 Å². The van der Waals surface area contributed by atoms with Gasteiger partial charge < -0.3 is 4.74 Å². The zero-order chi connectivity index (χ0) is 15.8. The van der Waals surface area contributed by atoms with Crippen LogP contribution in [-0.4, -0.2) is 10.6 Å². The second kappa shape index (κ2) is 5.84. The lowest BCUT2D eigenvalue weighted by Gasteiger charge is -2.47. The summed E-state index contributed by atoms with van der Waals surface area (Å²) in [5, 5.41) is 1.13. The van der Waals surface area contributed by atoms with Crippen molar-refractivity contribution in [2.75, 3.05) is 0 Å². The maximum atomic E-state index is 6.52. The van der Waals surface area contributed by atoms with Crippen LogP contribution in [0.15, 0.2) is 34.8 Å². The molecule has 118 valence electrons. The van der Waals surface area contributed by atoms with Crippen molar-refractivity contribution >= 4 is 26.8 Å². The number of nitrogens with zero attached hydrogens (tertiary/aromatic N) is 1. The number of hydrogen-bond acceptors (Lipinski definition) is 2. The first-order chi connectivity index (χ1) is 10.4. The molecule has 1 aliphatic rings. The number of fused-ring (bicyclic) bond motifs is 1. The van der Waals surface area contributed by atoms with Gasteiger partial charge in [-0.3, -0.25) is 0 Å². The molecule has 1 aliphatic carbocycles. The van der Waals surface area contributed by atoms with Crippen molar-refractivity contribution < 1.29 is 4.74 Å². The second-order valence-electron chi connectivity index (χ2n) is 7.39. The molecule has 0 bridgehead atoms. The summed E-state index contributed by atoms with van der Waals surface area (Å²) in [6, 6.07) is 10.3. The monoisotopic (exact) mass is 361 g/mol. The van der Waals surface area contributed by atoms with Crippen molar-refractivity contribution in [3.63, 3.8) is 0 Å². The summed E-state index contributed by atoms with van der Waals surface area (Å²) in [5.41, 5.74) is 1.01. The molecule has 0 saturated heterocycles. The van der Waals surface area contributed by atoms with Gasteiger partial charge in [0.1, 0.15) is 5.60 Å². The molecule has 2 nitrogen and oxygen atoms in total. The van der Waals surface area contributed by atoms with Crippen molar-refractivity contribution in [3.05, 3.63) is 34.8 Å². The van der Waals surface area contributed by atoms with E-state index in [0.717, 1.165) is 34.1 Å². The van der Waals surface area contributed by atoms with Gasteiger partial charge in [0.15, 0.2) is 0 Å². The van der Waals surface area contributed by atoms with E-state index >= 15 is 0 Å². The van der Waals surface area contributed by atoms with Gasteiger partial charge in [0.05, 0.1) is 5.52 Å². The number of halogens is 1. The molecule has 0 unspecified atom stereocenters. The Morgan fingerprint density at radius 1 is 1.05 bits per heavy atom. The van der Waals surface area contributed by atoms with Crippen molar-refractivity contribution in [2.24, 2.45) is 5.41 Å². The molecule has 0 radical (unpaired) electrons. The molecule has 0 amide bonds. The van der Waals surface area contributed by atoms with Gasteiger partial charge in [0, 0.05) is 21.3 Å². The molecule has 0 aliphatic heterocycles. The minimum absolute atomic E-state index is 0.0959. The molecule has 22 heavy (non-hydrogen) atoms. The van der Waals surface area contributed by atoms with E-state index in [-0.39, 0.29) is 11.0 Å². The number of ether oxygens (including phenoxy) is 1. The summed E-state index contributed by atoms with van der Waals surface area (Å²) >= 11 is 3.51. The van der Waals surface area contributed by atoms with Gasteiger partial charge in [-0.25, -0.2) is 4.98 Å². The highest BCUT2D eigenvalue weighted by Gasteiger charge is 2.45. The van der Waals surface area contributed by atoms with Crippen LogP contribution in [0.2, 0.25) is 0 Å². The highest BCUT2D eigenvalue weighted by Crippen LogP contribution is 2.45. The van der Waals surface area contributed by atoms with Crippen LogP contribution in [0.3, 0.4) is 0 Å². The van der Waals surface area contributed by atoms with Crippen LogP contribution in [-0.2, 0) is 0 Å². The Hall–Kier alpha value is -1.09. The molecule has 0 atom stereocenters. The van der Waals surface area contributed by atoms with Gasteiger partial charge in [0.25, 0.3) is 0 Å². The Bertz CT molecular complexity index is 669. The Labute approximate surface area is 141 Å². The Morgan fingerprint density at radius 2 is 1.77 bits per heavy atom. The standard InChI is InChI=1S/C19H24BrNO/c1-18(2,3)19(11-5-4-6-12-19)22-17-10-7-14-13-15(20)8-9-16(14)21-17/h7-10,13H,4-6,11-12H2,1-3H3. The fourth-order valence-electron chi connectivity index (χ4n) is 3.46. The summed E-state index contributed by atoms with van der Waals surface area (Å²) in [4.78, 5) is 4.73. The van der Waals surface area contributed by atoms with E-state index in [1.165, 1.54) is 19.3 Å².